The SMILES string of the molecule is Cc1ccc(-c2nc3ccccn3c2/C=C2/C(=O)Nc3ccccc32)cc1. The number of carbonyl (C=O) groups excluding carboxylic acids is 1. The molecule has 27 heavy (non-hydrogen) atoms. The number of rotatable bonds is 2. The van der Waals surface area contributed by atoms with Crippen LogP contribution in [0.25, 0.3) is 28.6 Å². The summed E-state index contributed by atoms with van der Waals surface area (Å²) in [5.74, 6) is -0.0862. The maximum atomic E-state index is 12.6. The van der Waals surface area contributed by atoms with E-state index in [0.29, 0.717) is 5.57 Å². The average Bonchev–Trinajstić information content (AvgIpc) is 3.21. The number of nitrogens with one attached hydrogen (secondary N) is 1. The van der Waals surface area contributed by atoms with Gasteiger partial charge in [-0.3, -0.25) is 9.20 Å². The Morgan fingerprint density at radius 3 is 2.59 bits per heavy atom. The van der Waals surface area contributed by atoms with Crippen molar-refractivity contribution in [3.63, 3.8) is 0 Å². The molecule has 0 atom stereocenters. The molecule has 1 amide bonds. The molecule has 1 aliphatic rings. The fourth-order valence-electron chi connectivity index (χ4n) is 3.50. The molecule has 4 heteroatoms. The Hall–Kier alpha value is -3.66. The van der Waals surface area contributed by atoms with Gasteiger partial charge >= 0.3 is 0 Å². The zero-order valence-corrected chi connectivity index (χ0v) is 14.8. The fourth-order valence-corrected chi connectivity index (χ4v) is 3.50. The van der Waals surface area contributed by atoms with Gasteiger partial charge in [0.1, 0.15) is 5.65 Å². The molecular weight excluding hydrogens is 334 g/mol. The Balaban J connectivity index is 1.77. The number of aryl methyl sites for hydroxylation is 1. The number of pyridine rings is 1. The topological polar surface area (TPSA) is 46.4 Å². The second-order valence-corrected chi connectivity index (χ2v) is 6.70. The molecule has 0 fully saturated rings. The van der Waals surface area contributed by atoms with Crippen LogP contribution >= 0.6 is 0 Å². The van der Waals surface area contributed by atoms with Crippen LogP contribution in [0.4, 0.5) is 5.69 Å². The van der Waals surface area contributed by atoms with E-state index in [2.05, 4.69) is 36.5 Å². The van der Waals surface area contributed by atoms with E-state index in [1.807, 2.05) is 59.1 Å². The number of nitrogens with zero attached hydrogens (tertiary/aromatic N) is 2. The van der Waals surface area contributed by atoms with E-state index in [1.165, 1.54) is 5.56 Å². The highest BCUT2D eigenvalue weighted by Gasteiger charge is 2.25. The molecule has 0 radical (unpaired) electrons. The van der Waals surface area contributed by atoms with E-state index in [-0.39, 0.29) is 5.91 Å². The number of fused-ring (bicyclic) bond motifs is 2. The summed E-state index contributed by atoms with van der Waals surface area (Å²) in [4.78, 5) is 17.4. The summed E-state index contributed by atoms with van der Waals surface area (Å²) in [7, 11) is 0. The molecule has 1 aliphatic heterocycles. The molecule has 3 heterocycles. The largest absolute Gasteiger partial charge is 0.321 e. The lowest BCUT2D eigenvalue weighted by Gasteiger charge is -2.03. The molecule has 0 bridgehead atoms. The molecule has 0 spiro atoms. The van der Waals surface area contributed by atoms with Crippen LogP contribution in [0.5, 0.6) is 0 Å². The van der Waals surface area contributed by atoms with Crippen LogP contribution in [0.3, 0.4) is 0 Å². The van der Waals surface area contributed by atoms with Gasteiger partial charge in [-0.15, -0.1) is 0 Å². The van der Waals surface area contributed by atoms with Crippen LogP contribution in [-0.4, -0.2) is 15.3 Å². The molecule has 2 aromatic carbocycles. The Morgan fingerprint density at radius 2 is 1.74 bits per heavy atom. The van der Waals surface area contributed by atoms with Crippen molar-refractivity contribution in [2.45, 2.75) is 6.92 Å². The molecule has 0 saturated heterocycles. The van der Waals surface area contributed by atoms with Gasteiger partial charge in [-0.25, -0.2) is 4.98 Å². The maximum Gasteiger partial charge on any atom is 0.256 e. The van der Waals surface area contributed by atoms with E-state index >= 15 is 0 Å². The Labute approximate surface area is 156 Å². The predicted octanol–water partition coefficient (Wildman–Crippen LogP) is 4.80. The number of hydrogen-bond acceptors (Lipinski definition) is 2. The zero-order chi connectivity index (χ0) is 18.4. The van der Waals surface area contributed by atoms with Crippen LogP contribution < -0.4 is 5.32 Å². The highest BCUT2D eigenvalue weighted by molar-refractivity contribution is 6.35. The van der Waals surface area contributed by atoms with Gasteiger partial charge in [-0.2, -0.15) is 0 Å². The van der Waals surface area contributed by atoms with Gasteiger partial charge < -0.3 is 5.32 Å². The van der Waals surface area contributed by atoms with Gasteiger partial charge in [0.2, 0.25) is 0 Å². The normalized spacial score (nSPS) is 14.6. The lowest BCUT2D eigenvalue weighted by Crippen LogP contribution is -2.04. The van der Waals surface area contributed by atoms with Gasteiger partial charge in [0.05, 0.1) is 17.0 Å². The van der Waals surface area contributed by atoms with Gasteiger partial charge in [0.15, 0.2) is 0 Å². The Kier molecular flexibility index (Phi) is 3.44. The number of para-hydroxylation sites is 1. The molecule has 0 saturated carbocycles. The minimum absolute atomic E-state index is 0.0862. The average molecular weight is 351 g/mol. The number of amides is 1. The van der Waals surface area contributed by atoms with Gasteiger partial charge in [0.25, 0.3) is 5.91 Å². The third kappa shape index (κ3) is 2.54. The van der Waals surface area contributed by atoms with E-state index in [0.717, 1.165) is 33.8 Å². The van der Waals surface area contributed by atoms with Crippen molar-refractivity contribution in [1.82, 2.24) is 9.38 Å². The molecule has 1 N–H and O–H groups in total. The lowest BCUT2D eigenvalue weighted by atomic mass is 10.0. The van der Waals surface area contributed by atoms with Crippen molar-refractivity contribution in [1.29, 1.82) is 0 Å². The van der Waals surface area contributed by atoms with Crippen LogP contribution in [0, 0.1) is 6.92 Å². The number of anilines is 1. The monoisotopic (exact) mass is 351 g/mol. The van der Waals surface area contributed by atoms with E-state index in [4.69, 9.17) is 4.98 Å². The molecule has 0 aliphatic carbocycles. The Morgan fingerprint density at radius 1 is 0.963 bits per heavy atom. The molecule has 130 valence electrons. The summed E-state index contributed by atoms with van der Waals surface area (Å²) >= 11 is 0. The first-order valence-electron chi connectivity index (χ1n) is 8.87. The molecule has 0 unspecified atom stereocenters. The lowest BCUT2D eigenvalue weighted by molar-refractivity contribution is -0.110. The summed E-state index contributed by atoms with van der Waals surface area (Å²) in [5.41, 5.74) is 7.27. The van der Waals surface area contributed by atoms with Crippen LogP contribution in [0.2, 0.25) is 0 Å². The first-order chi connectivity index (χ1) is 13.2. The third-order valence-electron chi connectivity index (χ3n) is 4.88. The van der Waals surface area contributed by atoms with Crippen molar-refractivity contribution in [3.8, 4) is 11.3 Å². The third-order valence-corrected chi connectivity index (χ3v) is 4.88. The van der Waals surface area contributed by atoms with Crippen LogP contribution in [0.15, 0.2) is 72.9 Å². The molecular formula is C23H17N3O. The Bertz CT molecular complexity index is 1220. The van der Waals surface area contributed by atoms with Crippen molar-refractivity contribution in [2.24, 2.45) is 0 Å². The molecule has 5 rings (SSSR count). The summed E-state index contributed by atoms with van der Waals surface area (Å²) in [6.07, 6.45) is 3.92. The van der Waals surface area contributed by atoms with Crippen LogP contribution in [-0.2, 0) is 4.79 Å². The summed E-state index contributed by atoms with van der Waals surface area (Å²) in [6.45, 7) is 2.07. The summed E-state index contributed by atoms with van der Waals surface area (Å²) in [6, 6.07) is 22.0. The summed E-state index contributed by atoms with van der Waals surface area (Å²) in [5, 5.41) is 2.94. The predicted molar refractivity (Wildman–Crippen MR) is 108 cm³/mol. The first kappa shape index (κ1) is 15.6. The molecule has 2 aromatic heterocycles. The fraction of sp³-hybridized carbons (Fsp3) is 0.0435. The van der Waals surface area contributed by atoms with Crippen LogP contribution in [0.1, 0.15) is 16.8 Å². The summed E-state index contributed by atoms with van der Waals surface area (Å²) < 4.78 is 2.02. The highest BCUT2D eigenvalue weighted by atomic mass is 16.2. The highest BCUT2D eigenvalue weighted by Crippen LogP contribution is 2.35. The smallest absolute Gasteiger partial charge is 0.256 e. The zero-order valence-electron chi connectivity index (χ0n) is 14.8. The molecule has 4 aromatic rings. The maximum absolute atomic E-state index is 12.6. The van der Waals surface area contributed by atoms with Gasteiger partial charge in [0, 0.05) is 23.0 Å². The van der Waals surface area contributed by atoms with E-state index in [9.17, 15) is 4.79 Å². The second kappa shape index (κ2) is 5.95. The van der Waals surface area contributed by atoms with Crippen molar-refractivity contribution in [3.05, 3.63) is 89.7 Å². The second-order valence-electron chi connectivity index (χ2n) is 6.70. The quantitative estimate of drug-likeness (QED) is 0.527. The number of hydrogen-bond donors (Lipinski definition) is 1. The van der Waals surface area contributed by atoms with E-state index < -0.39 is 0 Å². The van der Waals surface area contributed by atoms with Crippen molar-refractivity contribution >= 4 is 28.9 Å². The number of benzene rings is 2. The van der Waals surface area contributed by atoms with Gasteiger partial charge in [-0.1, -0.05) is 54.1 Å². The van der Waals surface area contributed by atoms with E-state index in [1.54, 1.807) is 0 Å². The minimum Gasteiger partial charge on any atom is -0.321 e. The standard InChI is InChI=1S/C23H17N3O/c1-15-9-11-16(12-10-15)22-20(26-13-5-4-8-21(26)25-22)14-18-17-6-2-3-7-19(17)24-23(18)27/h2-14H,1H3,(H,24,27)/b18-14+. The first-order valence-corrected chi connectivity index (χ1v) is 8.87. The number of imidazole rings is 1. The van der Waals surface area contributed by atoms with Gasteiger partial charge in [-0.05, 0) is 31.2 Å². The van der Waals surface area contributed by atoms with Crippen molar-refractivity contribution in [2.75, 3.05) is 5.32 Å². The number of carbonyl (C=O) groups is 1. The number of aromatic nitrogens is 2. The molecule has 4 nitrogen and oxygen atoms in total. The minimum atomic E-state index is -0.0862. The van der Waals surface area contributed by atoms with Crippen molar-refractivity contribution < 1.29 is 4.79 Å².